The fraction of sp³-hybridized carbons (Fsp3) is 0.500. The molecule has 0 fully saturated rings. The smallest absolute Gasteiger partial charge is 0.154 e. The summed E-state index contributed by atoms with van der Waals surface area (Å²) in [5.41, 5.74) is 2.29. The van der Waals surface area contributed by atoms with Gasteiger partial charge in [0.05, 0.1) is 11.7 Å². The summed E-state index contributed by atoms with van der Waals surface area (Å²) >= 11 is 6.08. The number of halogens is 1. The highest BCUT2D eigenvalue weighted by Gasteiger charge is 2.20. The number of aromatic hydroxyl groups is 1. The molecule has 0 saturated carbocycles. The fourth-order valence-electron chi connectivity index (χ4n) is 2.46. The number of aliphatic hydroxyl groups excluding tert-OH is 1. The highest BCUT2D eigenvalue weighted by Crippen LogP contribution is 2.36. The molecule has 0 spiro atoms. The number of phenols is 1. The Morgan fingerprint density at radius 1 is 1.41 bits per heavy atom. The van der Waals surface area contributed by atoms with Crippen LogP contribution in [0.25, 0.3) is 0 Å². The van der Waals surface area contributed by atoms with E-state index in [0.717, 1.165) is 12.8 Å². The first-order valence-electron chi connectivity index (χ1n) is 7.56. The van der Waals surface area contributed by atoms with Gasteiger partial charge in [0.15, 0.2) is 6.29 Å². The fourth-order valence-corrected chi connectivity index (χ4v) is 2.67. The lowest BCUT2D eigenvalue weighted by molar-refractivity contribution is 0.111. The molecule has 4 heteroatoms. The van der Waals surface area contributed by atoms with Gasteiger partial charge < -0.3 is 10.2 Å². The second-order valence-electron chi connectivity index (χ2n) is 6.17. The van der Waals surface area contributed by atoms with Crippen LogP contribution < -0.4 is 0 Å². The Morgan fingerprint density at radius 2 is 2.05 bits per heavy atom. The van der Waals surface area contributed by atoms with E-state index in [9.17, 15) is 15.0 Å². The molecule has 3 nitrogen and oxygen atoms in total. The minimum absolute atomic E-state index is 0.152. The van der Waals surface area contributed by atoms with Gasteiger partial charge in [-0.25, -0.2) is 0 Å². The van der Waals surface area contributed by atoms with Crippen LogP contribution in [0.4, 0.5) is 0 Å². The molecule has 0 heterocycles. The van der Waals surface area contributed by atoms with Crippen molar-refractivity contribution in [3.8, 4) is 5.75 Å². The third kappa shape index (κ3) is 4.85. The van der Waals surface area contributed by atoms with E-state index in [1.165, 1.54) is 5.57 Å². The van der Waals surface area contributed by atoms with E-state index in [4.69, 9.17) is 11.6 Å². The van der Waals surface area contributed by atoms with E-state index in [1.807, 2.05) is 0 Å². The van der Waals surface area contributed by atoms with Gasteiger partial charge in [-0.15, -0.1) is 0 Å². The number of phenolic OH excluding ortho intramolecular Hbond substituents is 1. The van der Waals surface area contributed by atoms with Crippen LogP contribution >= 0.6 is 11.6 Å². The number of hydrogen-bond acceptors (Lipinski definition) is 3. The van der Waals surface area contributed by atoms with Crippen LogP contribution in [0.1, 0.15) is 67.6 Å². The molecule has 1 aromatic carbocycles. The second-order valence-corrected chi connectivity index (χ2v) is 6.58. The quantitative estimate of drug-likeness (QED) is 0.549. The van der Waals surface area contributed by atoms with E-state index in [2.05, 4.69) is 26.8 Å². The van der Waals surface area contributed by atoms with E-state index in [1.54, 1.807) is 13.0 Å². The average molecular weight is 325 g/mol. The van der Waals surface area contributed by atoms with Crippen molar-refractivity contribution < 1.29 is 15.0 Å². The van der Waals surface area contributed by atoms with Crippen molar-refractivity contribution in [3.63, 3.8) is 0 Å². The van der Waals surface area contributed by atoms with Crippen LogP contribution in [0.3, 0.4) is 0 Å². The average Bonchev–Trinajstić information content (AvgIpc) is 2.42. The Balaban J connectivity index is 2.85. The molecule has 1 aromatic rings. The van der Waals surface area contributed by atoms with Gasteiger partial charge >= 0.3 is 0 Å². The highest BCUT2D eigenvalue weighted by molar-refractivity contribution is 6.31. The molecular weight excluding hydrogens is 300 g/mol. The summed E-state index contributed by atoms with van der Waals surface area (Å²) in [6.07, 6.45) is 4.36. The predicted octanol–water partition coefficient (Wildman–Crippen LogP) is 4.97. The first-order chi connectivity index (χ1) is 10.3. The SMILES string of the molecule is CC(C)=CCCC(C)CC(O)c1cc(Cl)c(C)c(C=O)c1O. The van der Waals surface area contributed by atoms with Crippen molar-refractivity contribution in [3.05, 3.63) is 39.4 Å². The molecule has 0 radical (unpaired) electrons. The van der Waals surface area contributed by atoms with Crippen LogP contribution in [-0.4, -0.2) is 16.5 Å². The number of hydrogen-bond donors (Lipinski definition) is 2. The lowest BCUT2D eigenvalue weighted by Gasteiger charge is -2.19. The van der Waals surface area contributed by atoms with Gasteiger partial charge in [0.1, 0.15) is 5.75 Å². The van der Waals surface area contributed by atoms with Gasteiger partial charge in [-0.1, -0.05) is 30.2 Å². The van der Waals surface area contributed by atoms with Gasteiger partial charge in [-0.2, -0.15) is 0 Å². The summed E-state index contributed by atoms with van der Waals surface area (Å²) < 4.78 is 0. The largest absolute Gasteiger partial charge is 0.507 e. The Bertz CT molecular complexity index is 560. The summed E-state index contributed by atoms with van der Waals surface area (Å²) in [6.45, 7) is 7.86. The van der Waals surface area contributed by atoms with Crippen molar-refractivity contribution in [2.75, 3.05) is 0 Å². The Kier molecular flexibility index (Phi) is 7.11. The number of rotatable bonds is 7. The van der Waals surface area contributed by atoms with Crippen LogP contribution in [-0.2, 0) is 0 Å². The predicted molar refractivity (Wildman–Crippen MR) is 90.6 cm³/mol. The number of aliphatic hydroxyl groups is 1. The van der Waals surface area contributed by atoms with E-state index in [-0.39, 0.29) is 11.3 Å². The summed E-state index contributed by atoms with van der Waals surface area (Å²) in [7, 11) is 0. The van der Waals surface area contributed by atoms with Crippen molar-refractivity contribution in [2.45, 2.75) is 53.1 Å². The molecule has 122 valence electrons. The molecular formula is C18H25ClO3. The summed E-state index contributed by atoms with van der Waals surface area (Å²) in [4.78, 5) is 11.1. The maximum Gasteiger partial charge on any atom is 0.154 e. The number of carbonyl (C=O) groups excluding carboxylic acids is 1. The number of benzene rings is 1. The van der Waals surface area contributed by atoms with Crippen molar-refractivity contribution in [1.82, 2.24) is 0 Å². The third-order valence-electron chi connectivity index (χ3n) is 3.89. The lowest BCUT2D eigenvalue weighted by Crippen LogP contribution is -2.06. The third-order valence-corrected chi connectivity index (χ3v) is 4.28. The maximum atomic E-state index is 11.1. The molecule has 0 amide bonds. The Hall–Kier alpha value is -1.32. The highest BCUT2D eigenvalue weighted by atomic mass is 35.5. The van der Waals surface area contributed by atoms with Gasteiger partial charge in [0.25, 0.3) is 0 Å². The first-order valence-corrected chi connectivity index (χ1v) is 7.94. The first kappa shape index (κ1) is 18.7. The molecule has 0 aliphatic heterocycles. The van der Waals surface area contributed by atoms with Gasteiger partial charge in [0, 0.05) is 10.6 Å². The minimum atomic E-state index is -0.835. The van der Waals surface area contributed by atoms with E-state index < -0.39 is 6.10 Å². The zero-order valence-corrected chi connectivity index (χ0v) is 14.4. The zero-order valence-electron chi connectivity index (χ0n) is 13.7. The molecule has 2 atom stereocenters. The van der Waals surface area contributed by atoms with Crippen LogP contribution in [0.15, 0.2) is 17.7 Å². The summed E-state index contributed by atoms with van der Waals surface area (Å²) in [5, 5.41) is 20.9. The number of allylic oxidation sites excluding steroid dienone is 2. The Labute approximate surface area is 137 Å². The zero-order chi connectivity index (χ0) is 16.9. The molecule has 2 unspecified atom stereocenters. The Morgan fingerprint density at radius 3 is 2.59 bits per heavy atom. The van der Waals surface area contributed by atoms with E-state index >= 15 is 0 Å². The molecule has 0 aliphatic rings. The molecule has 0 saturated heterocycles. The van der Waals surface area contributed by atoms with E-state index in [0.29, 0.717) is 34.8 Å². The second kappa shape index (κ2) is 8.35. The summed E-state index contributed by atoms with van der Waals surface area (Å²) in [6, 6.07) is 1.55. The van der Waals surface area contributed by atoms with Crippen LogP contribution in [0.5, 0.6) is 5.75 Å². The topological polar surface area (TPSA) is 57.5 Å². The van der Waals surface area contributed by atoms with Crippen molar-refractivity contribution >= 4 is 17.9 Å². The van der Waals surface area contributed by atoms with Gasteiger partial charge in [-0.05, 0) is 57.6 Å². The van der Waals surface area contributed by atoms with Gasteiger partial charge in [0.2, 0.25) is 0 Å². The molecule has 1 rings (SSSR count). The molecule has 22 heavy (non-hydrogen) atoms. The van der Waals surface area contributed by atoms with Gasteiger partial charge in [-0.3, -0.25) is 4.79 Å². The van der Waals surface area contributed by atoms with Crippen LogP contribution in [0.2, 0.25) is 5.02 Å². The number of aldehydes is 1. The molecule has 2 N–H and O–H groups in total. The molecule has 0 aliphatic carbocycles. The van der Waals surface area contributed by atoms with Crippen molar-refractivity contribution in [1.29, 1.82) is 0 Å². The normalized spacial score (nSPS) is 13.5. The number of carbonyl (C=O) groups is 1. The molecule has 0 aromatic heterocycles. The van der Waals surface area contributed by atoms with Crippen LogP contribution in [0, 0.1) is 12.8 Å². The maximum absolute atomic E-state index is 11.1. The minimum Gasteiger partial charge on any atom is -0.507 e. The summed E-state index contributed by atoms with van der Waals surface area (Å²) in [5.74, 6) is 0.130. The standard InChI is InChI=1S/C18H25ClO3/c1-11(2)6-5-7-12(3)8-17(21)14-9-16(19)13(4)15(10-20)18(14)22/h6,9-10,12,17,21-22H,5,7-8H2,1-4H3. The molecule has 0 bridgehead atoms. The monoisotopic (exact) mass is 324 g/mol. The van der Waals surface area contributed by atoms with Crippen molar-refractivity contribution in [2.24, 2.45) is 5.92 Å². The lowest BCUT2D eigenvalue weighted by atomic mass is 9.92.